The molecule has 0 fully saturated rings. The van der Waals surface area contributed by atoms with Crippen molar-refractivity contribution < 1.29 is 4.74 Å². The Morgan fingerprint density at radius 1 is 0.532 bits per heavy atom. The highest BCUT2D eigenvalue weighted by Gasteiger charge is 2.32. The molecule has 0 spiro atoms. The van der Waals surface area contributed by atoms with Crippen molar-refractivity contribution >= 4 is 17.3 Å². The molecular weight excluding hydrogens is 572 g/mol. The van der Waals surface area contributed by atoms with Crippen molar-refractivity contribution in [2.75, 3.05) is 6.61 Å². The number of rotatable bonds is 9. The van der Waals surface area contributed by atoms with Crippen LogP contribution >= 0.6 is 0 Å². The summed E-state index contributed by atoms with van der Waals surface area (Å²) in [5.74, 6) is 0.472. The predicted octanol–water partition coefficient (Wildman–Crippen LogP) is 10.4. The monoisotopic (exact) mass is 610 g/mol. The zero-order chi connectivity index (χ0) is 32.1. The van der Waals surface area contributed by atoms with E-state index in [0.717, 1.165) is 28.1 Å². The summed E-state index contributed by atoms with van der Waals surface area (Å²) in [5, 5.41) is 0. The van der Waals surface area contributed by atoms with Gasteiger partial charge >= 0.3 is 0 Å². The summed E-state index contributed by atoms with van der Waals surface area (Å²) < 4.78 is 6.32. The van der Waals surface area contributed by atoms with Crippen LogP contribution in [-0.4, -0.2) is 23.8 Å². The minimum atomic E-state index is -0.333. The highest BCUT2D eigenvalue weighted by Crippen LogP contribution is 2.45. The van der Waals surface area contributed by atoms with E-state index in [4.69, 9.17) is 14.7 Å². The third-order valence-electron chi connectivity index (χ3n) is 8.69. The van der Waals surface area contributed by atoms with Gasteiger partial charge in [-0.3, -0.25) is 0 Å². The molecule has 0 atom stereocenters. The molecule has 6 aromatic carbocycles. The number of hydrogen-bond acceptors (Lipinski definition) is 3. The standard InChI is InChI=1S/C44H38N2O/c1-44(2)31-47-43(46-44)41(36-27-16-7-17-28-36)45-42-37(39(32-19-8-3-9-20-32)33-21-10-4-11-22-33)29-18-30-38(42)40(34-23-12-5-13-24-34)35-25-14-6-15-26-35/h3-30,39-40H,31H2,1-2H3. The van der Waals surface area contributed by atoms with Crippen LogP contribution in [0.25, 0.3) is 0 Å². The largest absolute Gasteiger partial charge is 0.474 e. The number of nitrogens with zero attached hydrogens (tertiary/aromatic N) is 2. The molecule has 6 aromatic rings. The van der Waals surface area contributed by atoms with Crippen molar-refractivity contribution in [2.24, 2.45) is 9.98 Å². The summed E-state index contributed by atoms with van der Waals surface area (Å²) in [7, 11) is 0. The van der Waals surface area contributed by atoms with Gasteiger partial charge in [-0.1, -0.05) is 170 Å². The molecule has 1 aliphatic rings. The van der Waals surface area contributed by atoms with Gasteiger partial charge in [0.1, 0.15) is 12.3 Å². The summed E-state index contributed by atoms with van der Waals surface area (Å²) in [6, 6.07) is 60.0. The fourth-order valence-corrected chi connectivity index (χ4v) is 6.51. The van der Waals surface area contributed by atoms with E-state index in [2.05, 4.69) is 166 Å². The first-order valence-corrected chi connectivity index (χ1v) is 16.3. The number of benzene rings is 6. The molecule has 0 N–H and O–H groups in total. The van der Waals surface area contributed by atoms with Crippen molar-refractivity contribution in [2.45, 2.75) is 31.2 Å². The first kappa shape index (κ1) is 30.1. The zero-order valence-electron chi connectivity index (χ0n) is 26.8. The van der Waals surface area contributed by atoms with Gasteiger partial charge in [-0.2, -0.15) is 0 Å². The van der Waals surface area contributed by atoms with Crippen molar-refractivity contribution in [1.29, 1.82) is 0 Å². The Balaban J connectivity index is 1.57. The van der Waals surface area contributed by atoms with Gasteiger partial charge in [-0.15, -0.1) is 0 Å². The zero-order valence-corrected chi connectivity index (χ0v) is 26.8. The Morgan fingerprint density at radius 3 is 1.28 bits per heavy atom. The molecular formula is C44H38N2O. The van der Waals surface area contributed by atoms with Crippen LogP contribution in [-0.2, 0) is 4.74 Å². The minimum Gasteiger partial charge on any atom is -0.474 e. The Labute approximate surface area is 278 Å². The summed E-state index contributed by atoms with van der Waals surface area (Å²) in [6.07, 6.45) is 0. The second-order valence-electron chi connectivity index (χ2n) is 12.6. The molecule has 0 amide bonds. The fraction of sp³-hybridized carbons (Fsp3) is 0.136. The predicted molar refractivity (Wildman–Crippen MR) is 194 cm³/mol. The fourth-order valence-electron chi connectivity index (χ4n) is 6.51. The van der Waals surface area contributed by atoms with Crippen LogP contribution in [0.1, 0.15) is 64.6 Å². The van der Waals surface area contributed by atoms with E-state index in [0.29, 0.717) is 12.5 Å². The molecule has 0 bridgehead atoms. The molecule has 1 aliphatic heterocycles. The highest BCUT2D eigenvalue weighted by molar-refractivity contribution is 6.46. The molecule has 0 radical (unpaired) electrons. The van der Waals surface area contributed by atoms with Crippen LogP contribution in [0, 0.1) is 0 Å². The maximum atomic E-state index is 6.32. The normalized spacial score (nSPS) is 14.2. The first-order chi connectivity index (χ1) is 23.1. The summed E-state index contributed by atoms with van der Waals surface area (Å²) >= 11 is 0. The van der Waals surface area contributed by atoms with Gasteiger partial charge < -0.3 is 4.74 Å². The van der Waals surface area contributed by atoms with Gasteiger partial charge in [0, 0.05) is 17.4 Å². The van der Waals surface area contributed by atoms with Crippen LogP contribution in [0.2, 0.25) is 0 Å². The Morgan fingerprint density at radius 2 is 0.915 bits per heavy atom. The Kier molecular flexibility index (Phi) is 8.62. The second kappa shape index (κ2) is 13.4. The number of ether oxygens (including phenoxy) is 1. The molecule has 0 unspecified atom stereocenters. The van der Waals surface area contributed by atoms with Crippen molar-refractivity contribution in [3.8, 4) is 0 Å². The maximum Gasteiger partial charge on any atom is 0.236 e. The molecule has 1 heterocycles. The van der Waals surface area contributed by atoms with Gasteiger partial charge in [0.05, 0.1) is 11.2 Å². The molecule has 3 heteroatoms. The number of para-hydroxylation sites is 1. The lowest BCUT2D eigenvalue weighted by molar-refractivity contribution is 0.282. The average Bonchev–Trinajstić information content (AvgIpc) is 3.49. The lowest BCUT2D eigenvalue weighted by atomic mass is 9.79. The van der Waals surface area contributed by atoms with Gasteiger partial charge in [0.2, 0.25) is 5.90 Å². The molecule has 7 rings (SSSR count). The van der Waals surface area contributed by atoms with E-state index in [-0.39, 0.29) is 17.4 Å². The summed E-state index contributed by atoms with van der Waals surface area (Å²) in [5.41, 5.74) is 9.39. The topological polar surface area (TPSA) is 34.0 Å². The molecule has 0 aliphatic carbocycles. The Hall–Kier alpha value is -5.54. The molecule has 47 heavy (non-hydrogen) atoms. The lowest BCUT2D eigenvalue weighted by Gasteiger charge is -2.26. The number of hydrogen-bond donors (Lipinski definition) is 0. The van der Waals surface area contributed by atoms with E-state index in [1.807, 2.05) is 18.2 Å². The van der Waals surface area contributed by atoms with E-state index in [9.17, 15) is 0 Å². The first-order valence-electron chi connectivity index (χ1n) is 16.3. The van der Waals surface area contributed by atoms with E-state index in [1.165, 1.54) is 22.3 Å². The van der Waals surface area contributed by atoms with Crippen LogP contribution in [0.4, 0.5) is 5.69 Å². The van der Waals surface area contributed by atoms with Crippen molar-refractivity contribution in [3.63, 3.8) is 0 Å². The average molecular weight is 611 g/mol. The summed E-state index contributed by atoms with van der Waals surface area (Å²) in [4.78, 5) is 10.7. The van der Waals surface area contributed by atoms with Gasteiger partial charge in [0.25, 0.3) is 0 Å². The SMILES string of the molecule is CC1(C)COC(C(=Nc2c(C(c3ccccc3)c3ccccc3)cccc2C(c2ccccc2)c2ccccc2)c2ccccc2)=N1. The molecule has 0 aromatic heterocycles. The van der Waals surface area contributed by atoms with Gasteiger partial charge in [-0.25, -0.2) is 9.98 Å². The van der Waals surface area contributed by atoms with Crippen LogP contribution in [0.5, 0.6) is 0 Å². The quantitative estimate of drug-likeness (QED) is 0.118. The third-order valence-corrected chi connectivity index (χ3v) is 8.69. The van der Waals surface area contributed by atoms with Crippen molar-refractivity contribution in [3.05, 3.63) is 209 Å². The number of aliphatic imine (C=N–C) groups is 2. The second-order valence-corrected chi connectivity index (χ2v) is 12.6. The molecule has 0 saturated heterocycles. The van der Waals surface area contributed by atoms with Crippen molar-refractivity contribution in [1.82, 2.24) is 0 Å². The molecule has 0 saturated carbocycles. The maximum absolute atomic E-state index is 6.32. The Bertz CT molecular complexity index is 1800. The highest BCUT2D eigenvalue weighted by atomic mass is 16.5. The van der Waals surface area contributed by atoms with Crippen LogP contribution < -0.4 is 0 Å². The molecule has 230 valence electrons. The smallest absolute Gasteiger partial charge is 0.236 e. The van der Waals surface area contributed by atoms with E-state index >= 15 is 0 Å². The van der Waals surface area contributed by atoms with E-state index < -0.39 is 0 Å². The lowest BCUT2D eigenvalue weighted by Crippen LogP contribution is -2.17. The van der Waals surface area contributed by atoms with Gasteiger partial charge in [0.15, 0.2) is 0 Å². The van der Waals surface area contributed by atoms with Crippen LogP contribution in [0.3, 0.4) is 0 Å². The van der Waals surface area contributed by atoms with E-state index in [1.54, 1.807) is 0 Å². The third kappa shape index (κ3) is 6.57. The molecule has 3 nitrogen and oxygen atoms in total. The van der Waals surface area contributed by atoms with Gasteiger partial charge in [-0.05, 0) is 47.2 Å². The minimum absolute atomic E-state index is 0.0526. The van der Waals surface area contributed by atoms with Crippen LogP contribution in [0.15, 0.2) is 180 Å². The summed E-state index contributed by atoms with van der Waals surface area (Å²) in [6.45, 7) is 4.71.